The van der Waals surface area contributed by atoms with Gasteiger partial charge in [-0.3, -0.25) is 8.98 Å². The predicted octanol–water partition coefficient (Wildman–Crippen LogP) is 7.24. The zero-order valence-electron chi connectivity index (χ0n) is 31.8. The molecule has 3 N–H and O–H groups in total. The molecule has 9 nitrogen and oxygen atoms in total. The molecule has 0 radical (unpaired) electrons. The number of fused-ring (bicyclic) bond motifs is 7. The highest BCUT2D eigenvalue weighted by atomic mass is 32.2. The fraction of sp³-hybridized carbons (Fsp3) is 0.756. The minimum atomic E-state index is -2.93. The van der Waals surface area contributed by atoms with Gasteiger partial charge in [-0.05, 0) is 126 Å². The van der Waals surface area contributed by atoms with Crippen molar-refractivity contribution in [2.75, 3.05) is 44.3 Å². The largest absolute Gasteiger partial charge is 0.478 e. The third kappa shape index (κ3) is 6.16. The lowest BCUT2D eigenvalue weighted by atomic mass is 9.33. The predicted molar refractivity (Wildman–Crippen MR) is 205 cm³/mol. The van der Waals surface area contributed by atoms with Gasteiger partial charge in [-0.1, -0.05) is 52.8 Å². The summed E-state index contributed by atoms with van der Waals surface area (Å²) >= 11 is 0.280. The summed E-state index contributed by atoms with van der Waals surface area (Å²) in [5.41, 5.74) is 2.90. The van der Waals surface area contributed by atoms with Crippen LogP contribution in [-0.2, 0) is 18.8 Å². The van der Waals surface area contributed by atoms with Crippen LogP contribution < -0.4 is 5.32 Å². The molecule has 0 aromatic heterocycles. The van der Waals surface area contributed by atoms with Crippen molar-refractivity contribution in [3.05, 3.63) is 41.5 Å². The van der Waals surface area contributed by atoms with Crippen LogP contribution in [0.3, 0.4) is 0 Å². The molecule has 0 bridgehead atoms. The Morgan fingerprint density at radius 3 is 2.31 bits per heavy atom. The zero-order valence-corrected chi connectivity index (χ0v) is 33.4. The molecule has 52 heavy (non-hydrogen) atoms. The number of nitrogens with one attached hydrogen (secondary N) is 1. The summed E-state index contributed by atoms with van der Waals surface area (Å²) in [5, 5.41) is 13.5. The van der Waals surface area contributed by atoms with Crippen LogP contribution >= 0.6 is 12.3 Å². The van der Waals surface area contributed by atoms with Crippen molar-refractivity contribution in [2.45, 2.75) is 97.9 Å². The molecule has 1 aromatic carbocycles. The van der Waals surface area contributed by atoms with Crippen molar-refractivity contribution >= 4 is 39.5 Å². The molecule has 1 aliphatic heterocycles. The average molecular weight is 757 g/mol. The molecule has 4 unspecified atom stereocenters. The van der Waals surface area contributed by atoms with Crippen molar-refractivity contribution in [1.82, 2.24) is 10.2 Å². The van der Waals surface area contributed by atoms with Gasteiger partial charge in [0, 0.05) is 37.6 Å². The van der Waals surface area contributed by atoms with Gasteiger partial charge in [0.05, 0.1) is 17.1 Å². The molecule has 11 heteroatoms. The first-order valence-electron chi connectivity index (χ1n) is 19.7. The second-order valence-electron chi connectivity index (χ2n) is 18.6. The monoisotopic (exact) mass is 756 g/mol. The number of carboxylic acids is 1. The summed E-state index contributed by atoms with van der Waals surface area (Å²) in [6.45, 7) is 15.3. The molecule has 6 aliphatic rings. The molecular formula is C41H60N2O7S2. The number of carboxylic acid groups (broad SMARTS) is 1. The number of hydrogen-bond acceptors (Lipinski definition) is 9. The smallest absolute Gasteiger partial charge is 0.335 e. The van der Waals surface area contributed by atoms with E-state index in [0.717, 1.165) is 76.4 Å². The lowest BCUT2D eigenvalue weighted by Gasteiger charge is -2.72. The van der Waals surface area contributed by atoms with E-state index >= 15 is 0 Å². The molecular weight excluding hydrogens is 697 g/mol. The summed E-state index contributed by atoms with van der Waals surface area (Å²) in [4.78, 5) is 27.7. The number of hydrogen-bond donors (Lipinski definition) is 3. The van der Waals surface area contributed by atoms with E-state index in [1.54, 1.807) is 12.1 Å². The van der Waals surface area contributed by atoms with Crippen LogP contribution in [0.1, 0.15) is 108 Å². The van der Waals surface area contributed by atoms with E-state index in [-0.39, 0.29) is 75.3 Å². The lowest BCUT2D eigenvalue weighted by Crippen LogP contribution is -2.68. The molecule has 5 fully saturated rings. The highest BCUT2D eigenvalue weighted by molar-refractivity contribution is 7.91. The van der Waals surface area contributed by atoms with Gasteiger partial charge < -0.3 is 19.9 Å². The van der Waals surface area contributed by atoms with E-state index in [9.17, 15) is 27.7 Å². The van der Waals surface area contributed by atoms with Gasteiger partial charge in [0.15, 0.2) is 27.9 Å². The van der Waals surface area contributed by atoms with Gasteiger partial charge in [-0.2, -0.15) is 0 Å². The number of sulfone groups is 1. The number of ketones is 1. The molecule has 0 amide bonds. The van der Waals surface area contributed by atoms with Crippen LogP contribution in [0.2, 0.25) is 0 Å². The summed E-state index contributed by atoms with van der Waals surface area (Å²) in [6, 6.07) is 7.44. The maximum atomic E-state index is 13.9. The highest BCUT2D eigenvalue weighted by Gasteiger charge is 2.70. The zero-order chi connectivity index (χ0) is 37.3. The Kier molecular flexibility index (Phi) is 10.2. The highest BCUT2D eigenvalue weighted by Crippen LogP contribution is 2.76. The van der Waals surface area contributed by atoms with Gasteiger partial charge in [0.1, 0.15) is 6.61 Å². The molecule has 5 aliphatic carbocycles. The quantitative estimate of drug-likeness (QED) is 0.210. The lowest BCUT2D eigenvalue weighted by molar-refractivity contribution is -0.220. The van der Waals surface area contributed by atoms with E-state index in [4.69, 9.17) is 4.18 Å². The maximum absolute atomic E-state index is 13.9. The second kappa shape index (κ2) is 13.8. The first-order valence-corrected chi connectivity index (χ1v) is 22.2. The molecule has 1 saturated heterocycles. The van der Waals surface area contributed by atoms with E-state index in [2.05, 4.69) is 50.9 Å². The van der Waals surface area contributed by atoms with Gasteiger partial charge in [-0.25, -0.2) is 13.2 Å². The summed E-state index contributed by atoms with van der Waals surface area (Å²) < 4.78 is 38.6. The van der Waals surface area contributed by atoms with Crippen LogP contribution in [0, 0.1) is 51.2 Å². The molecule has 288 valence electrons. The average Bonchev–Trinajstić information content (AvgIpc) is 3.48. The number of aromatic carboxylic acids is 1. The Labute approximate surface area is 315 Å². The first kappa shape index (κ1) is 38.5. The number of nitrogens with zero attached hydrogens (tertiary/aromatic N) is 1. The fourth-order valence-corrected chi connectivity index (χ4v) is 15.2. The van der Waals surface area contributed by atoms with Crippen molar-refractivity contribution < 1.29 is 31.8 Å². The van der Waals surface area contributed by atoms with Crippen LogP contribution in [-0.4, -0.2) is 84.6 Å². The standard InChI is InChI=1S/C41H60N2O7S2/c1-37(2)30(27-6-8-28(9-7-27)36(45)46)13-15-38(3)33(37)14-16-40(5)34(38)11-10-31-35-29(32(44)26-50-51-47)12-17-41(35,19-18-39(31,40)4)42-20-21-43-22-24-52(48,49)25-23-43/h6-9,13,29,31,33-35,42,47H,10-12,14-26H2,1-5H3,(H,45,46)/t29-,31?,33-,34+,35+,38?,39+,40?,41?/m0/s1. The van der Waals surface area contributed by atoms with Gasteiger partial charge in [0.25, 0.3) is 0 Å². The molecule has 0 spiro atoms. The third-order valence-electron chi connectivity index (χ3n) is 16.5. The van der Waals surface area contributed by atoms with Gasteiger partial charge in [-0.15, -0.1) is 0 Å². The minimum Gasteiger partial charge on any atom is -0.478 e. The van der Waals surface area contributed by atoms with Gasteiger partial charge >= 0.3 is 5.97 Å². The van der Waals surface area contributed by atoms with E-state index < -0.39 is 15.8 Å². The Morgan fingerprint density at radius 2 is 1.63 bits per heavy atom. The van der Waals surface area contributed by atoms with E-state index in [0.29, 0.717) is 36.4 Å². The van der Waals surface area contributed by atoms with Crippen LogP contribution in [0.25, 0.3) is 5.57 Å². The van der Waals surface area contributed by atoms with Gasteiger partial charge in [0.2, 0.25) is 0 Å². The Balaban J connectivity index is 1.16. The number of carbonyl (C=O) groups excluding carboxylic acids is 1. The van der Waals surface area contributed by atoms with Crippen LogP contribution in [0.15, 0.2) is 30.3 Å². The Morgan fingerprint density at radius 1 is 0.923 bits per heavy atom. The normalized spacial score (nSPS) is 40.8. The first-order chi connectivity index (χ1) is 24.5. The number of benzene rings is 1. The number of carbonyl (C=O) groups is 2. The van der Waals surface area contributed by atoms with Crippen molar-refractivity contribution in [3.8, 4) is 0 Å². The van der Waals surface area contributed by atoms with E-state index in [1.807, 2.05) is 12.1 Å². The molecule has 9 atom stereocenters. The van der Waals surface area contributed by atoms with Crippen LogP contribution in [0.5, 0.6) is 0 Å². The summed E-state index contributed by atoms with van der Waals surface area (Å²) in [6.07, 6.45) is 12.0. The topological polar surface area (TPSA) is 133 Å². The molecule has 1 heterocycles. The molecule has 7 rings (SSSR count). The third-order valence-corrected chi connectivity index (χ3v) is 18.3. The molecule has 4 saturated carbocycles. The van der Waals surface area contributed by atoms with Crippen molar-refractivity contribution in [1.29, 1.82) is 0 Å². The Bertz CT molecular complexity index is 1680. The Hall–Kier alpha value is -1.76. The number of Topliss-reactive ketones (excluding diaryl/α,β-unsaturated/α-hetero) is 1. The van der Waals surface area contributed by atoms with Crippen LogP contribution in [0.4, 0.5) is 0 Å². The van der Waals surface area contributed by atoms with Crippen molar-refractivity contribution in [3.63, 3.8) is 0 Å². The summed E-state index contributed by atoms with van der Waals surface area (Å²) in [5.74, 6) is 1.19. The van der Waals surface area contributed by atoms with Crippen molar-refractivity contribution in [2.24, 2.45) is 51.2 Å². The number of rotatable bonds is 10. The van der Waals surface area contributed by atoms with E-state index in [1.165, 1.54) is 5.57 Å². The maximum Gasteiger partial charge on any atom is 0.335 e. The fourth-order valence-electron chi connectivity index (χ4n) is 13.8. The SMILES string of the molecule is CC1(C)C(c2ccc(C(=O)O)cc2)=CCC2(C)[C@H]3CCC4[C@H]5[C@H](C(=O)COSO)CCC5(NCCN5CCS(=O)(=O)CC5)CC[C@@]4(C)C3(C)CC[C@@H]12. The summed E-state index contributed by atoms with van der Waals surface area (Å²) in [7, 11) is -2.93. The minimum absolute atomic E-state index is 0.0608. The number of allylic oxidation sites excluding steroid dienone is 2. The second-order valence-corrected chi connectivity index (χ2v) is 21.3. The molecule has 1 aromatic rings.